The first-order chi connectivity index (χ1) is 16.0. The molecule has 1 aromatic carbocycles. The van der Waals surface area contributed by atoms with Gasteiger partial charge in [-0.15, -0.1) is 0 Å². The van der Waals surface area contributed by atoms with Gasteiger partial charge in [-0.25, -0.2) is 0 Å². The minimum Gasteiger partial charge on any atom is -0.481 e. The third-order valence-corrected chi connectivity index (χ3v) is 7.06. The van der Waals surface area contributed by atoms with Crippen LogP contribution in [-0.4, -0.2) is 55.0 Å². The van der Waals surface area contributed by atoms with Crippen LogP contribution < -0.4 is 20.3 Å². The number of halogens is 1. The lowest BCUT2D eigenvalue weighted by molar-refractivity contribution is 0.0515. The molecule has 2 fully saturated rings. The van der Waals surface area contributed by atoms with Gasteiger partial charge in [-0.2, -0.15) is 9.97 Å². The molecule has 0 bridgehead atoms. The highest BCUT2D eigenvalue weighted by molar-refractivity contribution is 7.80. The molecule has 0 radical (unpaired) electrons. The van der Waals surface area contributed by atoms with Crippen molar-refractivity contribution in [2.45, 2.75) is 38.0 Å². The second kappa shape index (κ2) is 10.8. The van der Waals surface area contributed by atoms with Gasteiger partial charge in [0.05, 0.1) is 7.11 Å². The summed E-state index contributed by atoms with van der Waals surface area (Å²) in [5.41, 5.74) is 1.10. The molecule has 0 unspecified atom stereocenters. The smallest absolute Gasteiger partial charge is 0.234 e. The fourth-order valence-electron chi connectivity index (χ4n) is 4.68. The fourth-order valence-corrected chi connectivity index (χ4v) is 5.03. The van der Waals surface area contributed by atoms with E-state index in [1.165, 1.54) is 12.0 Å². The molecule has 2 N–H and O–H groups in total. The summed E-state index contributed by atoms with van der Waals surface area (Å²) in [5.74, 6) is 2.45. The van der Waals surface area contributed by atoms with Crippen LogP contribution in [-0.2, 0) is 10.2 Å². The maximum absolute atomic E-state index is 6.29. The number of hydrogen-bond donors (Lipinski definition) is 2. The van der Waals surface area contributed by atoms with Crippen molar-refractivity contribution in [2.24, 2.45) is 5.92 Å². The van der Waals surface area contributed by atoms with Crippen LogP contribution in [0.1, 0.15) is 38.2 Å². The molecule has 2 saturated heterocycles. The topological polar surface area (TPSA) is 71.5 Å². The number of benzene rings is 1. The van der Waals surface area contributed by atoms with Gasteiger partial charge >= 0.3 is 0 Å². The zero-order valence-corrected chi connectivity index (χ0v) is 20.8. The van der Waals surface area contributed by atoms with E-state index in [9.17, 15) is 0 Å². The monoisotopic (exact) mass is 489 g/mol. The quantitative estimate of drug-likeness (QED) is 0.578. The van der Waals surface area contributed by atoms with E-state index in [0.717, 1.165) is 43.2 Å². The molecule has 2 aromatic rings. The average molecular weight is 490 g/mol. The first-order valence-electron chi connectivity index (χ1n) is 11.5. The Labute approximate surface area is 206 Å². The summed E-state index contributed by atoms with van der Waals surface area (Å²) >= 11 is 11.9. The Kier molecular flexibility index (Phi) is 7.88. The molecule has 33 heavy (non-hydrogen) atoms. The van der Waals surface area contributed by atoms with Crippen LogP contribution in [0, 0.1) is 5.92 Å². The molecule has 178 valence electrons. The van der Waals surface area contributed by atoms with E-state index in [2.05, 4.69) is 33.5 Å². The van der Waals surface area contributed by atoms with Gasteiger partial charge in [-0.3, -0.25) is 0 Å². The number of anilines is 2. The Morgan fingerprint density at radius 2 is 2.12 bits per heavy atom. The van der Waals surface area contributed by atoms with Gasteiger partial charge in [-0.1, -0.05) is 30.7 Å². The van der Waals surface area contributed by atoms with E-state index in [1.54, 1.807) is 7.11 Å². The first kappa shape index (κ1) is 24.0. The van der Waals surface area contributed by atoms with E-state index >= 15 is 0 Å². The molecule has 2 aliphatic heterocycles. The summed E-state index contributed by atoms with van der Waals surface area (Å²) in [5, 5.41) is 7.77. The third kappa shape index (κ3) is 6.05. The van der Waals surface area contributed by atoms with Crippen LogP contribution in [0.25, 0.3) is 0 Å². The third-order valence-electron chi connectivity index (χ3n) is 6.58. The Morgan fingerprint density at radius 3 is 2.85 bits per heavy atom. The predicted molar refractivity (Wildman–Crippen MR) is 137 cm³/mol. The maximum atomic E-state index is 6.29. The molecule has 3 heterocycles. The molecule has 0 amide bonds. The largest absolute Gasteiger partial charge is 0.481 e. The minimum absolute atomic E-state index is 0.0980. The number of rotatable bonds is 6. The molecule has 4 rings (SSSR count). The van der Waals surface area contributed by atoms with E-state index < -0.39 is 0 Å². The van der Waals surface area contributed by atoms with Gasteiger partial charge in [0.2, 0.25) is 11.8 Å². The van der Waals surface area contributed by atoms with Gasteiger partial charge < -0.3 is 25.0 Å². The summed E-state index contributed by atoms with van der Waals surface area (Å²) < 4.78 is 11.1. The second-order valence-electron chi connectivity index (χ2n) is 9.00. The molecular weight excluding hydrogens is 458 g/mol. The standard InChI is InChI=1S/C24H32ClN5O2S/c1-17-5-4-10-30(15-17)20-14-21(31-2)28-22(27-20)29-23(33)26-16-24(8-11-32-12-9-24)18-6-3-7-19(25)13-18/h3,6-7,13-14,17H,4-5,8-12,15-16H2,1-2H3,(H2,26,27,28,29,33)/t17-/m1/s1. The highest BCUT2D eigenvalue weighted by Crippen LogP contribution is 2.35. The maximum Gasteiger partial charge on any atom is 0.234 e. The fraction of sp³-hybridized carbons (Fsp3) is 0.542. The van der Waals surface area contributed by atoms with Gasteiger partial charge in [0, 0.05) is 49.4 Å². The van der Waals surface area contributed by atoms with Crippen LogP contribution in [0.4, 0.5) is 11.8 Å². The van der Waals surface area contributed by atoms with Gasteiger partial charge in [0.25, 0.3) is 0 Å². The molecule has 9 heteroatoms. The molecule has 0 saturated carbocycles. The predicted octanol–water partition coefficient (Wildman–Crippen LogP) is 4.41. The lowest BCUT2D eigenvalue weighted by Gasteiger charge is -2.38. The van der Waals surface area contributed by atoms with Gasteiger partial charge in [-0.05, 0) is 61.5 Å². The Hall–Kier alpha value is -2.16. The normalized spacial score (nSPS) is 20.2. The van der Waals surface area contributed by atoms with Crippen molar-refractivity contribution in [2.75, 3.05) is 50.2 Å². The highest BCUT2D eigenvalue weighted by atomic mass is 35.5. The van der Waals surface area contributed by atoms with E-state index in [0.29, 0.717) is 42.6 Å². The van der Waals surface area contributed by atoms with Crippen LogP contribution in [0.5, 0.6) is 5.88 Å². The highest BCUT2D eigenvalue weighted by Gasteiger charge is 2.34. The van der Waals surface area contributed by atoms with E-state index in [4.69, 9.17) is 38.3 Å². The zero-order valence-electron chi connectivity index (χ0n) is 19.3. The van der Waals surface area contributed by atoms with Crippen molar-refractivity contribution < 1.29 is 9.47 Å². The number of ether oxygens (including phenoxy) is 2. The number of nitrogens with one attached hydrogen (secondary N) is 2. The van der Waals surface area contributed by atoms with Crippen molar-refractivity contribution in [1.82, 2.24) is 15.3 Å². The Bertz CT molecular complexity index is 970. The van der Waals surface area contributed by atoms with Crippen molar-refractivity contribution in [1.29, 1.82) is 0 Å². The van der Waals surface area contributed by atoms with Crippen molar-refractivity contribution in [3.8, 4) is 5.88 Å². The van der Waals surface area contributed by atoms with E-state index in [-0.39, 0.29) is 5.41 Å². The first-order valence-corrected chi connectivity index (χ1v) is 12.3. The average Bonchev–Trinajstić information content (AvgIpc) is 2.83. The Morgan fingerprint density at radius 1 is 1.30 bits per heavy atom. The molecular formula is C24H32ClN5O2S. The van der Waals surface area contributed by atoms with Gasteiger partial charge in [0.1, 0.15) is 5.82 Å². The molecule has 1 aromatic heterocycles. The summed E-state index contributed by atoms with van der Waals surface area (Å²) in [6, 6.07) is 9.96. The van der Waals surface area contributed by atoms with E-state index in [1.807, 2.05) is 24.3 Å². The lowest BCUT2D eigenvalue weighted by atomic mass is 9.74. The molecule has 2 aliphatic rings. The summed E-state index contributed by atoms with van der Waals surface area (Å²) in [6.45, 7) is 6.33. The molecule has 1 atom stereocenters. The second-order valence-corrected chi connectivity index (χ2v) is 9.84. The molecule has 7 nitrogen and oxygen atoms in total. The number of nitrogens with zero attached hydrogens (tertiary/aromatic N) is 3. The number of piperidine rings is 1. The van der Waals surface area contributed by atoms with Gasteiger partial charge in [0.15, 0.2) is 5.11 Å². The molecule has 0 spiro atoms. The van der Waals surface area contributed by atoms with Crippen LogP contribution in [0.2, 0.25) is 5.02 Å². The van der Waals surface area contributed by atoms with Crippen LogP contribution in [0.15, 0.2) is 30.3 Å². The van der Waals surface area contributed by atoms with Crippen molar-refractivity contribution >= 4 is 40.7 Å². The summed E-state index contributed by atoms with van der Waals surface area (Å²) in [6.07, 6.45) is 4.20. The van der Waals surface area contributed by atoms with Crippen LogP contribution in [0.3, 0.4) is 0 Å². The SMILES string of the molecule is COc1cc(N2CCC[C@@H](C)C2)nc(NC(=S)NCC2(c3cccc(Cl)c3)CCOCC2)n1. The minimum atomic E-state index is -0.0980. The van der Waals surface area contributed by atoms with Crippen molar-refractivity contribution in [3.05, 3.63) is 40.9 Å². The van der Waals surface area contributed by atoms with Crippen LogP contribution >= 0.6 is 23.8 Å². The number of methoxy groups -OCH3 is 1. The lowest BCUT2D eigenvalue weighted by Crippen LogP contribution is -2.45. The number of aromatic nitrogens is 2. The number of thiocarbonyl (C=S) groups is 1. The summed E-state index contributed by atoms with van der Waals surface area (Å²) in [7, 11) is 1.62. The van der Waals surface area contributed by atoms with Crippen molar-refractivity contribution in [3.63, 3.8) is 0 Å². The summed E-state index contributed by atoms with van der Waals surface area (Å²) in [4.78, 5) is 11.5. The molecule has 0 aliphatic carbocycles. The Balaban J connectivity index is 1.46. The zero-order chi connectivity index (χ0) is 23.3. The number of hydrogen-bond acceptors (Lipinski definition) is 6.